The standard InChI is InChI=1S/C10H17NO5.C10H19NO4.CH2Cl2.BrH.ClO.K.Na/c1-10(2,3)16-9(14)11-4-5-15-7(6-11)8(12)13;1-10(2,3)15-9(13)11-4-5-14-8(6-11)7-12;2-1-3;;1-2;;/h7H,4-6H2,1-3H3,(H,12,13);8,12H,4-7H2,1-3H3;1H2;1H;;;/q;;;;-1;2*+1/p-1/t7-;8-;;;;;/m00...../s1. The second-order valence-electron chi connectivity index (χ2n) is 9.33. The molecule has 2 rings (SSSR count). The van der Waals surface area contributed by atoms with Gasteiger partial charge in [-0.25, -0.2) is 26.2 Å². The van der Waals surface area contributed by atoms with Crippen molar-refractivity contribution in [3.05, 3.63) is 0 Å². The maximum Gasteiger partial charge on any atom is 1.00 e. The van der Waals surface area contributed by atoms with Crippen LogP contribution in [0.15, 0.2) is 0 Å². The summed E-state index contributed by atoms with van der Waals surface area (Å²) in [6.07, 6.45) is -2.08. The number of rotatable bonds is 2. The summed E-state index contributed by atoms with van der Waals surface area (Å²) in [6, 6.07) is 0. The second-order valence-corrected chi connectivity index (χ2v) is 10.1. The Morgan fingerprint density at radius 1 is 0.897 bits per heavy atom. The maximum atomic E-state index is 11.6. The van der Waals surface area contributed by atoms with E-state index in [1.54, 1.807) is 25.7 Å². The van der Waals surface area contributed by atoms with E-state index < -0.39 is 29.4 Å². The molecular weight excluding hydrogens is 689 g/mol. The Balaban J connectivity index is -0.000000159. The zero-order chi connectivity index (χ0) is 28.5. The van der Waals surface area contributed by atoms with Gasteiger partial charge in [0.05, 0.1) is 44.4 Å². The summed E-state index contributed by atoms with van der Waals surface area (Å²) in [5, 5.41) is 17.9. The van der Waals surface area contributed by atoms with Crippen molar-refractivity contribution in [2.45, 2.75) is 65.0 Å². The van der Waals surface area contributed by atoms with Gasteiger partial charge in [-0.3, -0.25) is 0 Å². The van der Waals surface area contributed by atoms with E-state index in [1.807, 2.05) is 20.8 Å². The molecule has 2 amide bonds. The Kier molecular flexibility index (Phi) is 35.4. The summed E-state index contributed by atoms with van der Waals surface area (Å²) in [7, 11) is 0. The van der Waals surface area contributed by atoms with Crippen LogP contribution in [0.5, 0.6) is 0 Å². The van der Waals surface area contributed by atoms with Crippen molar-refractivity contribution in [3.63, 3.8) is 0 Å². The van der Waals surface area contributed by atoms with E-state index >= 15 is 0 Å². The number of carbonyl (C=O) groups is 3. The van der Waals surface area contributed by atoms with Gasteiger partial charge in [0, 0.05) is 13.1 Å². The fourth-order valence-corrected chi connectivity index (χ4v) is 2.61. The first-order valence-electron chi connectivity index (χ1n) is 10.9. The number of aliphatic hydroxyl groups is 1. The van der Waals surface area contributed by atoms with Crippen molar-refractivity contribution >= 4 is 53.2 Å². The minimum Gasteiger partial charge on any atom is -1.00 e. The van der Waals surface area contributed by atoms with E-state index in [0.717, 1.165) is 0 Å². The van der Waals surface area contributed by atoms with Crippen LogP contribution in [0.3, 0.4) is 0 Å². The summed E-state index contributed by atoms with van der Waals surface area (Å²) >= 11 is 12.9. The fourth-order valence-electron chi connectivity index (χ4n) is 2.61. The molecule has 0 aromatic heterocycles. The first kappa shape index (κ1) is 50.5. The minimum atomic E-state index is -1.06. The largest absolute Gasteiger partial charge is 1.00 e. The maximum absolute atomic E-state index is 11.6. The van der Waals surface area contributed by atoms with Crippen LogP contribution in [0, 0.1) is 0 Å². The molecule has 2 saturated heterocycles. The average Bonchev–Trinajstić information content (AvgIpc) is 2.79. The second kappa shape index (κ2) is 27.4. The molecule has 222 valence electrons. The van der Waals surface area contributed by atoms with Gasteiger partial charge in [0.15, 0.2) is 6.10 Å². The van der Waals surface area contributed by atoms with Crippen molar-refractivity contribution < 1.29 is 146 Å². The number of alkyl halides is 2. The predicted molar refractivity (Wildman–Crippen MR) is 132 cm³/mol. The number of hydrogen-bond acceptors (Lipinski definition) is 9. The molecule has 0 saturated carbocycles. The Morgan fingerprint density at radius 2 is 1.26 bits per heavy atom. The van der Waals surface area contributed by atoms with Crippen molar-refractivity contribution in [2.24, 2.45) is 0 Å². The van der Waals surface area contributed by atoms with Crippen LogP contribution in [-0.2, 0) is 23.7 Å². The van der Waals surface area contributed by atoms with Crippen LogP contribution in [0.1, 0.15) is 41.5 Å². The molecule has 12 nitrogen and oxygen atoms in total. The Bertz CT molecular complexity index is 664. The molecule has 0 aromatic rings. The number of halogens is 4. The first-order valence-corrected chi connectivity index (χ1v) is 12.3. The molecule has 2 fully saturated rings. The molecule has 0 aromatic carbocycles. The number of hydrogen-bond donors (Lipinski definition) is 2. The molecule has 0 radical (unpaired) electrons. The predicted octanol–water partition coefficient (Wildman–Crippen LogP) is -6.74. The number of carbonyl (C=O) groups excluding carboxylic acids is 2. The molecule has 18 heteroatoms. The van der Waals surface area contributed by atoms with Gasteiger partial charge in [0.25, 0.3) is 0 Å². The van der Waals surface area contributed by atoms with E-state index in [0.29, 0.717) is 26.2 Å². The third-order valence-electron chi connectivity index (χ3n) is 3.99. The summed E-state index contributed by atoms with van der Waals surface area (Å²) < 4.78 is 28.3. The number of aliphatic hydroxyl groups excluding tert-OH is 1. The molecule has 39 heavy (non-hydrogen) atoms. The number of morpholine rings is 2. The van der Waals surface area contributed by atoms with Crippen molar-refractivity contribution in [2.75, 3.05) is 51.3 Å². The van der Waals surface area contributed by atoms with Gasteiger partial charge >= 0.3 is 99.1 Å². The quantitative estimate of drug-likeness (QED) is 0.207. The fraction of sp³-hybridized carbons (Fsp3) is 0.857. The van der Waals surface area contributed by atoms with Gasteiger partial charge < -0.3 is 60.6 Å². The summed E-state index contributed by atoms with van der Waals surface area (Å²) in [5.74, 6) is -1.06. The van der Waals surface area contributed by atoms with Gasteiger partial charge in [0.2, 0.25) is 0 Å². The third kappa shape index (κ3) is 27.1. The van der Waals surface area contributed by atoms with E-state index in [9.17, 15) is 14.4 Å². The van der Waals surface area contributed by atoms with Crippen molar-refractivity contribution in [1.82, 2.24) is 9.80 Å². The smallest absolute Gasteiger partial charge is 1.00 e. The average molecular weight is 727 g/mol. The summed E-state index contributed by atoms with van der Waals surface area (Å²) in [6.45, 7) is 12.7. The molecule has 0 bridgehead atoms. The SMILES string of the molecule is CC(C)(C)OC(=O)N1CCO[C@H](C(=O)O)C1.CC(C)(C)OC(=O)N1CCO[C@H](CO)C1.ClCCl.[Br-].[K+].[Na+].[O-]Cl. The number of carboxylic acid groups (broad SMARTS) is 1. The van der Waals surface area contributed by atoms with Crippen LogP contribution in [0.25, 0.3) is 0 Å². The van der Waals surface area contributed by atoms with Crippen molar-refractivity contribution in [1.29, 1.82) is 0 Å². The van der Waals surface area contributed by atoms with E-state index in [1.165, 1.54) is 4.90 Å². The van der Waals surface area contributed by atoms with Crippen LogP contribution >= 0.6 is 35.1 Å². The summed E-state index contributed by atoms with van der Waals surface area (Å²) in [5.41, 5.74) is -1.06. The van der Waals surface area contributed by atoms with E-state index in [4.69, 9.17) is 57.0 Å². The first-order chi connectivity index (χ1) is 16.6. The molecule has 2 aliphatic heterocycles. The molecule has 0 unspecified atom stereocenters. The topological polar surface area (TPSA) is 158 Å². The Labute approximate surface area is 321 Å². The van der Waals surface area contributed by atoms with E-state index in [-0.39, 0.29) is 135 Å². The number of carboxylic acids is 1. The molecule has 2 aliphatic rings. The molecule has 2 heterocycles. The molecule has 0 spiro atoms. The van der Waals surface area contributed by atoms with Gasteiger partial charge in [-0.15, -0.1) is 23.2 Å². The zero-order valence-corrected chi connectivity index (χ0v) is 32.9. The van der Waals surface area contributed by atoms with Crippen LogP contribution in [0.4, 0.5) is 9.59 Å². The van der Waals surface area contributed by atoms with Crippen LogP contribution < -0.4 is 103 Å². The molecule has 2 atom stereocenters. The molecular formula is C21H38BrCl3KN2NaO10. The Morgan fingerprint density at radius 3 is 1.59 bits per heavy atom. The zero-order valence-electron chi connectivity index (χ0n) is 23.9. The van der Waals surface area contributed by atoms with Crippen LogP contribution in [-0.4, -0.2) is 113 Å². The Hall–Kier alpha value is 1.84. The van der Waals surface area contributed by atoms with Gasteiger partial charge in [-0.05, 0) is 41.5 Å². The number of ether oxygens (including phenoxy) is 4. The van der Waals surface area contributed by atoms with E-state index in [2.05, 4.69) is 11.9 Å². The van der Waals surface area contributed by atoms with Crippen molar-refractivity contribution in [3.8, 4) is 0 Å². The van der Waals surface area contributed by atoms with Gasteiger partial charge in [-0.1, -0.05) is 0 Å². The molecule has 0 aliphatic carbocycles. The van der Waals surface area contributed by atoms with Gasteiger partial charge in [-0.2, -0.15) is 0 Å². The van der Waals surface area contributed by atoms with Gasteiger partial charge in [0.1, 0.15) is 11.2 Å². The monoisotopic (exact) mass is 724 g/mol. The number of amides is 2. The van der Waals surface area contributed by atoms with Crippen LogP contribution in [0.2, 0.25) is 0 Å². The number of aliphatic carboxylic acids is 1. The number of nitrogens with zero attached hydrogens (tertiary/aromatic N) is 2. The summed E-state index contributed by atoms with van der Waals surface area (Å²) in [4.78, 5) is 36.9. The third-order valence-corrected chi connectivity index (χ3v) is 3.99. The minimum absolute atomic E-state index is 0. The normalized spacial score (nSPS) is 18.2. The molecule has 2 N–H and O–H groups in total.